The molecular weight excluding hydrogens is 440 g/mol. The monoisotopic (exact) mass is 458 g/mol. The number of sulfonamides is 1. The zero-order valence-corrected chi connectivity index (χ0v) is 17.1. The quantitative estimate of drug-likeness (QED) is 0.589. The number of nitrogens with zero attached hydrogens (tertiary/aromatic N) is 3. The van der Waals surface area contributed by atoms with Crippen LogP contribution in [0.4, 0.5) is 23.2 Å². The Morgan fingerprint density at radius 1 is 1.10 bits per heavy atom. The number of rotatable bonds is 3. The van der Waals surface area contributed by atoms with Crippen LogP contribution >= 0.6 is 0 Å². The number of phenols is 1. The predicted octanol–water partition coefficient (Wildman–Crippen LogP) is 3.18. The van der Waals surface area contributed by atoms with E-state index in [9.17, 15) is 31.1 Å². The summed E-state index contributed by atoms with van der Waals surface area (Å²) in [6, 6.07) is 5.98. The van der Waals surface area contributed by atoms with E-state index in [1.54, 1.807) is 18.2 Å². The van der Waals surface area contributed by atoms with Gasteiger partial charge in [-0.15, -0.1) is 0 Å². The average molecular weight is 458 g/mol. The van der Waals surface area contributed by atoms with E-state index < -0.39 is 38.9 Å². The Balaban J connectivity index is 1.67. The number of halogens is 4. The molecule has 0 aliphatic carbocycles. The van der Waals surface area contributed by atoms with Crippen molar-refractivity contribution in [1.29, 1.82) is 0 Å². The van der Waals surface area contributed by atoms with Crippen molar-refractivity contribution < 1.29 is 31.1 Å². The third kappa shape index (κ3) is 4.04. The van der Waals surface area contributed by atoms with Crippen LogP contribution in [-0.4, -0.2) is 60.5 Å². The minimum absolute atomic E-state index is 0.0534. The summed E-state index contributed by atoms with van der Waals surface area (Å²) in [5, 5.41) is 16.7. The van der Waals surface area contributed by atoms with Crippen molar-refractivity contribution in [1.82, 2.24) is 14.5 Å². The van der Waals surface area contributed by atoms with Gasteiger partial charge in [-0.2, -0.15) is 22.6 Å². The van der Waals surface area contributed by atoms with E-state index in [2.05, 4.69) is 10.2 Å². The summed E-state index contributed by atoms with van der Waals surface area (Å²) in [4.78, 5) is 1.97. The molecule has 31 heavy (non-hydrogen) atoms. The van der Waals surface area contributed by atoms with Gasteiger partial charge in [0.15, 0.2) is 11.6 Å². The highest BCUT2D eigenvalue weighted by Gasteiger charge is 2.33. The maximum atomic E-state index is 14.4. The van der Waals surface area contributed by atoms with Crippen LogP contribution in [0.3, 0.4) is 0 Å². The van der Waals surface area contributed by atoms with Gasteiger partial charge >= 0.3 is 6.18 Å². The van der Waals surface area contributed by atoms with Gasteiger partial charge in [0.05, 0.1) is 17.3 Å². The number of fused-ring (bicyclic) bond motifs is 1. The molecule has 2 aromatic carbocycles. The van der Waals surface area contributed by atoms with Crippen molar-refractivity contribution in [2.75, 3.05) is 37.3 Å². The Morgan fingerprint density at radius 2 is 1.77 bits per heavy atom. The highest BCUT2D eigenvalue weighted by molar-refractivity contribution is 7.88. The molecule has 3 aromatic rings. The number of hydrogen-bond acceptors (Lipinski definition) is 5. The molecule has 4 rings (SSSR count). The van der Waals surface area contributed by atoms with E-state index in [0.717, 1.165) is 11.9 Å². The van der Waals surface area contributed by atoms with Crippen LogP contribution in [0.15, 0.2) is 30.3 Å². The zero-order chi connectivity index (χ0) is 22.6. The number of aromatic amines is 1. The number of anilines is 1. The fraction of sp³-hybridized carbons (Fsp3) is 0.316. The number of benzene rings is 2. The molecule has 0 atom stereocenters. The third-order valence-electron chi connectivity index (χ3n) is 5.26. The number of aromatic nitrogens is 2. The highest BCUT2D eigenvalue weighted by Crippen LogP contribution is 2.39. The molecule has 1 fully saturated rings. The first-order chi connectivity index (χ1) is 14.4. The highest BCUT2D eigenvalue weighted by atomic mass is 32.2. The van der Waals surface area contributed by atoms with Crippen LogP contribution in [0.25, 0.3) is 22.2 Å². The van der Waals surface area contributed by atoms with Crippen LogP contribution in [-0.2, 0) is 16.2 Å². The topological polar surface area (TPSA) is 89.5 Å². The van der Waals surface area contributed by atoms with Crippen LogP contribution in [0.1, 0.15) is 5.56 Å². The molecule has 2 heterocycles. The molecule has 0 radical (unpaired) electrons. The molecule has 0 unspecified atom stereocenters. The van der Waals surface area contributed by atoms with E-state index in [-0.39, 0.29) is 5.69 Å². The van der Waals surface area contributed by atoms with Crippen LogP contribution in [0, 0.1) is 5.82 Å². The number of nitrogens with one attached hydrogen (secondary N) is 1. The van der Waals surface area contributed by atoms with Gasteiger partial charge < -0.3 is 10.0 Å². The van der Waals surface area contributed by atoms with Crippen molar-refractivity contribution in [3.05, 3.63) is 41.7 Å². The summed E-state index contributed by atoms with van der Waals surface area (Å²) in [6.45, 7) is 1.60. The smallest absolute Gasteiger partial charge is 0.416 e. The molecule has 0 amide bonds. The lowest BCUT2D eigenvalue weighted by Crippen LogP contribution is -2.48. The Bertz CT molecular complexity index is 1250. The minimum Gasteiger partial charge on any atom is -0.505 e. The lowest BCUT2D eigenvalue weighted by Gasteiger charge is -2.34. The average Bonchev–Trinajstić information content (AvgIpc) is 3.11. The van der Waals surface area contributed by atoms with Crippen LogP contribution in [0.2, 0.25) is 0 Å². The molecule has 0 spiro atoms. The number of piperazine rings is 1. The fourth-order valence-electron chi connectivity index (χ4n) is 3.63. The fourth-order valence-corrected chi connectivity index (χ4v) is 4.46. The maximum absolute atomic E-state index is 14.4. The zero-order valence-electron chi connectivity index (χ0n) is 16.2. The van der Waals surface area contributed by atoms with Gasteiger partial charge in [0.25, 0.3) is 0 Å². The maximum Gasteiger partial charge on any atom is 0.416 e. The number of hydrogen-bond donors (Lipinski definition) is 2. The first kappa shape index (κ1) is 21.4. The second kappa shape index (κ2) is 7.38. The summed E-state index contributed by atoms with van der Waals surface area (Å²) in [5.74, 6) is -2.30. The van der Waals surface area contributed by atoms with Crippen LogP contribution in [0.5, 0.6) is 5.75 Å². The summed E-state index contributed by atoms with van der Waals surface area (Å²) in [7, 11) is -3.26. The summed E-state index contributed by atoms with van der Waals surface area (Å²) >= 11 is 0. The van der Waals surface area contributed by atoms with E-state index in [1.807, 2.05) is 4.90 Å². The minimum atomic E-state index is -4.76. The molecule has 0 saturated carbocycles. The second-order valence-corrected chi connectivity index (χ2v) is 9.29. The molecule has 1 aliphatic heterocycles. The number of phenolic OH excluding ortho intramolecular Hbond substituents is 1. The number of H-pyrrole nitrogens is 1. The third-order valence-corrected chi connectivity index (χ3v) is 6.56. The summed E-state index contributed by atoms with van der Waals surface area (Å²) in [5.41, 5.74) is -0.467. The largest absolute Gasteiger partial charge is 0.505 e. The van der Waals surface area contributed by atoms with Crippen molar-refractivity contribution in [3.63, 3.8) is 0 Å². The van der Waals surface area contributed by atoms with E-state index in [4.69, 9.17) is 0 Å². The Hall–Kier alpha value is -2.86. The van der Waals surface area contributed by atoms with Gasteiger partial charge in [0.2, 0.25) is 10.0 Å². The van der Waals surface area contributed by atoms with Crippen molar-refractivity contribution in [2.24, 2.45) is 0 Å². The lowest BCUT2D eigenvalue weighted by atomic mass is 10.0. The number of alkyl halides is 3. The molecule has 7 nitrogen and oxygen atoms in total. The molecule has 166 valence electrons. The van der Waals surface area contributed by atoms with Crippen molar-refractivity contribution in [3.8, 4) is 17.0 Å². The SMILES string of the molecule is CS(=O)(=O)N1CCN(c2ccc3c(-c4cc(C(F)(F)F)cc(O)c4F)n[nH]c3c2)CC1. The molecule has 2 N–H and O–H groups in total. The molecule has 1 saturated heterocycles. The van der Waals surface area contributed by atoms with Crippen molar-refractivity contribution in [2.45, 2.75) is 6.18 Å². The molecular formula is C19H18F4N4O3S. The first-order valence-corrected chi connectivity index (χ1v) is 11.1. The molecule has 1 aliphatic rings. The van der Waals surface area contributed by atoms with Gasteiger partial charge in [0.1, 0.15) is 5.69 Å². The summed E-state index contributed by atoms with van der Waals surface area (Å²) in [6.07, 6.45) is -3.60. The van der Waals surface area contributed by atoms with E-state index in [0.29, 0.717) is 49.2 Å². The van der Waals surface area contributed by atoms with Gasteiger partial charge in [-0.3, -0.25) is 5.10 Å². The predicted molar refractivity (Wildman–Crippen MR) is 107 cm³/mol. The van der Waals surface area contributed by atoms with E-state index >= 15 is 0 Å². The van der Waals surface area contributed by atoms with Gasteiger partial charge in [-0.1, -0.05) is 0 Å². The lowest BCUT2D eigenvalue weighted by molar-refractivity contribution is -0.137. The van der Waals surface area contributed by atoms with Crippen LogP contribution < -0.4 is 4.90 Å². The first-order valence-electron chi connectivity index (χ1n) is 9.23. The molecule has 1 aromatic heterocycles. The number of aromatic hydroxyl groups is 1. The second-order valence-electron chi connectivity index (χ2n) is 7.31. The summed E-state index contributed by atoms with van der Waals surface area (Å²) < 4.78 is 78.4. The standard InChI is InChI=1S/C19H18F4N4O3S/c1-31(29,30)27-6-4-26(5-7-27)12-2-3-13-15(10-12)24-25-18(13)14-8-11(19(21,22)23)9-16(28)17(14)20/h2-3,8-10,28H,4-7H2,1H3,(H,24,25). The van der Waals surface area contributed by atoms with Gasteiger partial charge in [-0.25, -0.2) is 12.8 Å². The Morgan fingerprint density at radius 3 is 2.39 bits per heavy atom. The Kier molecular flexibility index (Phi) is 5.09. The van der Waals surface area contributed by atoms with Gasteiger partial charge in [0, 0.05) is 42.8 Å². The molecule has 12 heteroatoms. The van der Waals surface area contributed by atoms with Gasteiger partial charge in [-0.05, 0) is 30.3 Å². The normalized spacial score (nSPS) is 16.2. The molecule has 0 bridgehead atoms. The Labute approximate surface area is 174 Å². The van der Waals surface area contributed by atoms with Crippen molar-refractivity contribution >= 4 is 26.6 Å². The van der Waals surface area contributed by atoms with E-state index in [1.165, 1.54) is 4.31 Å².